The summed E-state index contributed by atoms with van der Waals surface area (Å²) in [4.78, 5) is 43.1. The maximum absolute atomic E-state index is 13.3. The SMILES string of the molecule is CC(C)n1c(=O)c(O)c2n(c1=O)C(CCN1CCOCC1)CN(Cc1ccc(F)cc1)C2=O. The van der Waals surface area contributed by atoms with E-state index in [0.29, 0.717) is 31.7 Å². The Hall–Kier alpha value is -2.98. The van der Waals surface area contributed by atoms with Crippen molar-refractivity contribution in [3.63, 3.8) is 0 Å². The number of benzene rings is 1. The van der Waals surface area contributed by atoms with E-state index in [1.54, 1.807) is 26.0 Å². The maximum atomic E-state index is 13.3. The molecule has 1 unspecified atom stereocenters. The van der Waals surface area contributed by atoms with E-state index in [-0.39, 0.29) is 24.6 Å². The van der Waals surface area contributed by atoms with Crippen molar-refractivity contribution in [2.45, 2.75) is 38.9 Å². The summed E-state index contributed by atoms with van der Waals surface area (Å²) >= 11 is 0. The van der Waals surface area contributed by atoms with Gasteiger partial charge in [0.15, 0.2) is 5.69 Å². The van der Waals surface area contributed by atoms with E-state index < -0.39 is 35.0 Å². The van der Waals surface area contributed by atoms with Crippen LogP contribution in [0.1, 0.15) is 48.4 Å². The summed E-state index contributed by atoms with van der Waals surface area (Å²) in [5, 5.41) is 10.7. The van der Waals surface area contributed by atoms with E-state index in [0.717, 1.165) is 17.7 Å². The number of rotatable bonds is 6. The molecule has 178 valence electrons. The van der Waals surface area contributed by atoms with Gasteiger partial charge in [0.1, 0.15) is 5.82 Å². The lowest BCUT2D eigenvalue weighted by Crippen LogP contribution is -2.52. The van der Waals surface area contributed by atoms with Gasteiger partial charge in [-0.3, -0.25) is 23.6 Å². The molecule has 1 fully saturated rings. The fourth-order valence-electron chi connectivity index (χ4n) is 4.52. The largest absolute Gasteiger partial charge is 0.501 e. The lowest BCUT2D eigenvalue weighted by Gasteiger charge is -2.37. The Bertz CT molecular complexity index is 1140. The molecular weight excluding hydrogens is 431 g/mol. The van der Waals surface area contributed by atoms with Gasteiger partial charge in [0, 0.05) is 38.8 Å². The van der Waals surface area contributed by atoms with E-state index in [1.807, 2.05) is 0 Å². The average Bonchev–Trinajstić information content (AvgIpc) is 2.79. The average molecular weight is 461 g/mol. The van der Waals surface area contributed by atoms with Crippen molar-refractivity contribution < 1.29 is 19.0 Å². The van der Waals surface area contributed by atoms with Crippen molar-refractivity contribution in [3.05, 3.63) is 62.2 Å². The topological polar surface area (TPSA) is 97.0 Å². The molecule has 1 amide bonds. The summed E-state index contributed by atoms with van der Waals surface area (Å²) in [6.45, 7) is 7.31. The minimum Gasteiger partial charge on any atom is -0.501 e. The zero-order valence-electron chi connectivity index (χ0n) is 18.9. The molecule has 2 aliphatic rings. The van der Waals surface area contributed by atoms with Crippen LogP contribution in [0.25, 0.3) is 0 Å². The number of ether oxygens (including phenoxy) is 1. The lowest BCUT2D eigenvalue weighted by atomic mass is 10.1. The fourth-order valence-corrected chi connectivity index (χ4v) is 4.52. The van der Waals surface area contributed by atoms with Crippen LogP contribution in [0.3, 0.4) is 0 Å². The first-order valence-corrected chi connectivity index (χ1v) is 11.2. The number of hydrogen-bond acceptors (Lipinski definition) is 6. The maximum Gasteiger partial charge on any atom is 0.332 e. The van der Waals surface area contributed by atoms with Crippen LogP contribution in [-0.2, 0) is 11.3 Å². The summed E-state index contributed by atoms with van der Waals surface area (Å²) < 4.78 is 21.0. The van der Waals surface area contributed by atoms with Gasteiger partial charge in [-0.1, -0.05) is 12.1 Å². The summed E-state index contributed by atoms with van der Waals surface area (Å²) in [7, 11) is 0. The second-order valence-electron chi connectivity index (χ2n) is 8.83. The number of nitrogens with zero attached hydrogens (tertiary/aromatic N) is 4. The van der Waals surface area contributed by atoms with Crippen LogP contribution in [-0.4, -0.2) is 69.3 Å². The van der Waals surface area contributed by atoms with Crippen molar-refractivity contribution in [1.29, 1.82) is 0 Å². The van der Waals surface area contributed by atoms with Crippen molar-refractivity contribution in [2.75, 3.05) is 39.4 Å². The highest BCUT2D eigenvalue weighted by Gasteiger charge is 2.37. The molecule has 33 heavy (non-hydrogen) atoms. The van der Waals surface area contributed by atoms with E-state index in [4.69, 9.17) is 4.74 Å². The smallest absolute Gasteiger partial charge is 0.332 e. The van der Waals surface area contributed by atoms with Crippen LogP contribution in [0.5, 0.6) is 5.75 Å². The molecule has 0 bridgehead atoms. The first kappa shape index (κ1) is 23.2. The van der Waals surface area contributed by atoms with Crippen LogP contribution >= 0.6 is 0 Å². The Kier molecular flexibility index (Phi) is 6.66. The number of aromatic hydroxyl groups is 1. The Balaban J connectivity index is 1.73. The zero-order valence-corrected chi connectivity index (χ0v) is 18.9. The number of amides is 1. The number of hydrogen-bond donors (Lipinski definition) is 1. The molecule has 0 radical (unpaired) electrons. The summed E-state index contributed by atoms with van der Waals surface area (Å²) in [6.07, 6.45) is 0.551. The molecule has 0 spiro atoms. The number of aromatic nitrogens is 2. The van der Waals surface area contributed by atoms with Gasteiger partial charge in [-0.2, -0.15) is 0 Å². The van der Waals surface area contributed by atoms with Gasteiger partial charge in [-0.15, -0.1) is 0 Å². The van der Waals surface area contributed by atoms with E-state index >= 15 is 0 Å². The molecule has 1 aromatic heterocycles. The third-order valence-corrected chi connectivity index (χ3v) is 6.27. The Morgan fingerprint density at radius 1 is 1.12 bits per heavy atom. The van der Waals surface area contributed by atoms with Crippen LogP contribution in [0.4, 0.5) is 4.39 Å². The minimum atomic E-state index is -0.870. The van der Waals surface area contributed by atoms with E-state index in [9.17, 15) is 23.9 Å². The number of carbonyl (C=O) groups is 1. The third kappa shape index (κ3) is 4.58. The highest BCUT2D eigenvalue weighted by molar-refractivity contribution is 5.95. The second-order valence-corrected chi connectivity index (χ2v) is 8.83. The lowest BCUT2D eigenvalue weighted by molar-refractivity contribution is 0.0330. The molecule has 2 aliphatic heterocycles. The molecule has 9 nitrogen and oxygen atoms in total. The van der Waals surface area contributed by atoms with Gasteiger partial charge < -0.3 is 14.7 Å². The van der Waals surface area contributed by atoms with Gasteiger partial charge >= 0.3 is 5.69 Å². The monoisotopic (exact) mass is 460 g/mol. The predicted molar refractivity (Wildman–Crippen MR) is 119 cm³/mol. The van der Waals surface area contributed by atoms with Gasteiger partial charge in [-0.05, 0) is 38.0 Å². The van der Waals surface area contributed by atoms with E-state index in [1.165, 1.54) is 21.6 Å². The third-order valence-electron chi connectivity index (χ3n) is 6.27. The van der Waals surface area contributed by atoms with Crippen molar-refractivity contribution in [1.82, 2.24) is 18.9 Å². The van der Waals surface area contributed by atoms with E-state index in [2.05, 4.69) is 4.90 Å². The second kappa shape index (κ2) is 9.48. The van der Waals surface area contributed by atoms with Crippen molar-refractivity contribution in [2.24, 2.45) is 0 Å². The number of fused-ring (bicyclic) bond motifs is 1. The van der Waals surface area contributed by atoms with Crippen LogP contribution in [0.2, 0.25) is 0 Å². The fraction of sp³-hybridized carbons (Fsp3) is 0.522. The normalized spacial score (nSPS) is 19.2. The molecule has 1 N–H and O–H groups in total. The summed E-state index contributed by atoms with van der Waals surface area (Å²) in [5.74, 6) is -1.69. The molecule has 4 rings (SSSR count). The van der Waals surface area contributed by atoms with Crippen molar-refractivity contribution >= 4 is 5.91 Å². The Morgan fingerprint density at radius 2 is 1.79 bits per heavy atom. The van der Waals surface area contributed by atoms with Crippen LogP contribution in [0.15, 0.2) is 33.9 Å². The molecule has 1 atom stereocenters. The summed E-state index contributed by atoms with van der Waals surface area (Å²) in [6, 6.07) is 4.91. The standard InChI is InChI=1S/C23H29FN4O5/c1-15(2)27-22(31)20(29)19-21(30)26(13-16-3-5-17(24)6-4-16)14-18(28(19)23(27)32)7-8-25-9-11-33-12-10-25/h3-6,15,18,29H,7-14H2,1-2H3. The molecule has 0 saturated carbocycles. The van der Waals surface area contributed by atoms with Gasteiger partial charge in [-0.25, -0.2) is 9.18 Å². The molecule has 1 saturated heterocycles. The van der Waals surface area contributed by atoms with Crippen molar-refractivity contribution in [3.8, 4) is 5.75 Å². The predicted octanol–water partition coefficient (Wildman–Crippen LogP) is 1.36. The highest BCUT2D eigenvalue weighted by atomic mass is 19.1. The Labute approximate surface area is 190 Å². The summed E-state index contributed by atoms with van der Waals surface area (Å²) in [5.41, 5.74) is -1.03. The van der Waals surface area contributed by atoms with Crippen LogP contribution < -0.4 is 11.2 Å². The highest BCUT2D eigenvalue weighted by Crippen LogP contribution is 2.28. The Morgan fingerprint density at radius 3 is 2.42 bits per heavy atom. The van der Waals surface area contributed by atoms with Crippen LogP contribution in [0, 0.1) is 5.82 Å². The molecule has 1 aromatic carbocycles. The zero-order chi connectivity index (χ0) is 23.7. The molecule has 3 heterocycles. The number of morpholine rings is 1. The molecule has 2 aromatic rings. The first-order valence-electron chi connectivity index (χ1n) is 11.2. The number of halogens is 1. The van der Waals surface area contributed by atoms with Gasteiger partial charge in [0.25, 0.3) is 11.5 Å². The quantitative estimate of drug-likeness (QED) is 0.699. The minimum absolute atomic E-state index is 0.175. The first-order chi connectivity index (χ1) is 15.8. The molecule has 10 heteroatoms. The van der Waals surface area contributed by atoms with Gasteiger partial charge in [0.05, 0.1) is 19.3 Å². The van der Waals surface area contributed by atoms with Gasteiger partial charge in [0.2, 0.25) is 5.75 Å². The number of carbonyl (C=O) groups excluding carboxylic acids is 1. The molecule has 0 aliphatic carbocycles. The molecular formula is C23H29FN4O5.